The first kappa shape index (κ1) is 13.8. The lowest BCUT2D eigenvalue weighted by Gasteiger charge is -2.34. The molecule has 3 rings (SSSR count). The second-order valence-electron chi connectivity index (χ2n) is 5.51. The van der Waals surface area contributed by atoms with Crippen LogP contribution >= 0.6 is 0 Å². The Bertz CT molecular complexity index is 624. The van der Waals surface area contributed by atoms with E-state index in [1.165, 1.54) is 0 Å². The van der Waals surface area contributed by atoms with Gasteiger partial charge >= 0.3 is 0 Å². The van der Waals surface area contributed by atoms with Gasteiger partial charge in [-0.15, -0.1) is 0 Å². The molecule has 0 bridgehead atoms. The maximum Gasteiger partial charge on any atom is 0.195 e. The van der Waals surface area contributed by atoms with Crippen molar-refractivity contribution in [2.45, 2.75) is 13.0 Å². The molecule has 0 aromatic heterocycles. The summed E-state index contributed by atoms with van der Waals surface area (Å²) in [5.41, 5.74) is 2.57. The molecule has 1 heterocycles. The highest BCUT2D eigenvalue weighted by molar-refractivity contribution is 6.12. The Balaban J connectivity index is 1.94. The zero-order valence-electron chi connectivity index (χ0n) is 12.3. The van der Waals surface area contributed by atoms with Crippen molar-refractivity contribution in [2.75, 3.05) is 24.5 Å². The van der Waals surface area contributed by atoms with Gasteiger partial charge in [0, 0.05) is 42.5 Å². The van der Waals surface area contributed by atoms with E-state index in [0.717, 1.165) is 36.4 Å². The van der Waals surface area contributed by atoms with E-state index in [0.29, 0.717) is 6.04 Å². The molecule has 1 saturated heterocycles. The molecule has 1 aliphatic heterocycles. The molecule has 0 spiro atoms. The van der Waals surface area contributed by atoms with Gasteiger partial charge in [-0.25, -0.2) is 0 Å². The summed E-state index contributed by atoms with van der Waals surface area (Å²) < 4.78 is 0. The molecular formula is C18H20N2O. The number of nitrogens with zero attached hydrogens (tertiary/aromatic N) is 1. The average Bonchev–Trinajstić information content (AvgIpc) is 2.55. The zero-order chi connectivity index (χ0) is 14.7. The summed E-state index contributed by atoms with van der Waals surface area (Å²) in [6, 6.07) is 17.9. The number of nitrogens with one attached hydrogen (secondary N) is 1. The van der Waals surface area contributed by atoms with Crippen LogP contribution in [-0.4, -0.2) is 31.5 Å². The number of benzene rings is 2. The molecule has 2 aromatic carbocycles. The van der Waals surface area contributed by atoms with Crippen molar-refractivity contribution in [1.29, 1.82) is 0 Å². The highest BCUT2D eigenvalue weighted by Crippen LogP contribution is 2.24. The summed E-state index contributed by atoms with van der Waals surface area (Å²) in [5, 5.41) is 3.44. The van der Waals surface area contributed by atoms with E-state index in [9.17, 15) is 4.79 Å². The third-order valence-electron chi connectivity index (χ3n) is 3.89. The van der Waals surface area contributed by atoms with Crippen molar-refractivity contribution in [1.82, 2.24) is 5.32 Å². The number of rotatable bonds is 3. The minimum atomic E-state index is 0.0948. The lowest BCUT2D eigenvalue weighted by Crippen LogP contribution is -2.49. The van der Waals surface area contributed by atoms with Gasteiger partial charge in [0.15, 0.2) is 5.78 Å². The van der Waals surface area contributed by atoms with Crippen LogP contribution in [0.1, 0.15) is 22.8 Å². The van der Waals surface area contributed by atoms with Crippen molar-refractivity contribution >= 4 is 11.5 Å². The fraction of sp³-hybridized carbons (Fsp3) is 0.278. The number of hydrogen-bond acceptors (Lipinski definition) is 3. The van der Waals surface area contributed by atoms with E-state index in [2.05, 4.69) is 17.1 Å². The molecule has 0 saturated carbocycles. The topological polar surface area (TPSA) is 32.3 Å². The van der Waals surface area contributed by atoms with Crippen molar-refractivity contribution in [3.63, 3.8) is 0 Å². The Morgan fingerprint density at radius 2 is 1.81 bits per heavy atom. The Labute approximate surface area is 125 Å². The van der Waals surface area contributed by atoms with Crippen LogP contribution in [0.4, 0.5) is 5.69 Å². The third kappa shape index (κ3) is 2.98. The highest BCUT2D eigenvalue weighted by Gasteiger charge is 2.21. The summed E-state index contributed by atoms with van der Waals surface area (Å²) in [6.07, 6.45) is 0. The van der Waals surface area contributed by atoms with Crippen LogP contribution in [0.5, 0.6) is 0 Å². The Morgan fingerprint density at radius 3 is 2.57 bits per heavy atom. The molecule has 1 unspecified atom stereocenters. The number of anilines is 1. The predicted octanol–water partition coefficient (Wildman–Crippen LogP) is 2.72. The zero-order valence-corrected chi connectivity index (χ0v) is 12.3. The van der Waals surface area contributed by atoms with Crippen LogP contribution < -0.4 is 10.2 Å². The van der Waals surface area contributed by atoms with Gasteiger partial charge in [-0.3, -0.25) is 4.79 Å². The third-order valence-corrected chi connectivity index (χ3v) is 3.89. The number of para-hydroxylation sites is 1. The van der Waals surface area contributed by atoms with E-state index in [-0.39, 0.29) is 5.78 Å². The average molecular weight is 280 g/mol. The van der Waals surface area contributed by atoms with E-state index in [4.69, 9.17) is 0 Å². The van der Waals surface area contributed by atoms with Gasteiger partial charge in [0.2, 0.25) is 0 Å². The van der Waals surface area contributed by atoms with Crippen LogP contribution in [0.25, 0.3) is 0 Å². The quantitative estimate of drug-likeness (QED) is 0.877. The molecule has 1 atom stereocenters. The summed E-state index contributed by atoms with van der Waals surface area (Å²) in [5.74, 6) is 0.0948. The smallest absolute Gasteiger partial charge is 0.195 e. The van der Waals surface area contributed by atoms with E-state index in [1.807, 2.05) is 54.6 Å². The van der Waals surface area contributed by atoms with Crippen LogP contribution in [0.3, 0.4) is 0 Å². The van der Waals surface area contributed by atoms with E-state index < -0.39 is 0 Å². The summed E-state index contributed by atoms with van der Waals surface area (Å²) in [4.78, 5) is 15.1. The Kier molecular flexibility index (Phi) is 4.02. The normalized spacial score (nSPS) is 18.5. The Hall–Kier alpha value is -2.13. The second-order valence-corrected chi connectivity index (χ2v) is 5.51. The van der Waals surface area contributed by atoms with Crippen LogP contribution in [0.2, 0.25) is 0 Å². The Morgan fingerprint density at radius 1 is 1.10 bits per heavy atom. The number of ketones is 1. The molecule has 108 valence electrons. The number of hydrogen-bond donors (Lipinski definition) is 1. The van der Waals surface area contributed by atoms with Gasteiger partial charge in [0.1, 0.15) is 0 Å². The first-order valence-corrected chi connectivity index (χ1v) is 7.43. The van der Waals surface area contributed by atoms with Gasteiger partial charge in [-0.2, -0.15) is 0 Å². The molecule has 0 aliphatic carbocycles. The summed E-state index contributed by atoms with van der Waals surface area (Å²) in [7, 11) is 0. The SMILES string of the molecule is CC1CN(c2ccccc2C(=O)c2ccccc2)CCN1. The lowest BCUT2D eigenvalue weighted by molar-refractivity contribution is 0.103. The van der Waals surface area contributed by atoms with E-state index >= 15 is 0 Å². The molecule has 21 heavy (non-hydrogen) atoms. The van der Waals surface area contributed by atoms with Crippen molar-refractivity contribution in [3.05, 3.63) is 65.7 Å². The van der Waals surface area contributed by atoms with Crippen LogP contribution in [0, 0.1) is 0 Å². The first-order chi connectivity index (χ1) is 10.3. The standard InChI is InChI=1S/C18H20N2O/c1-14-13-20(12-11-19-14)17-10-6-5-9-16(17)18(21)15-7-3-2-4-8-15/h2-10,14,19H,11-13H2,1H3. The molecule has 1 N–H and O–H groups in total. The van der Waals surface area contributed by atoms with Gasteiger partial charge < -0.3 is 10.2 Å². The molecule has 2 aromatic rings. The van der Waals surface area contributed by atoms with Gasteiger partial charge in [-0.1, -0.05) is 42.5 Å². The summed E-state index contributed by atoms with van der Waals surface area (Å²) >= 11 is 0. The van der Waals surface area contributed by atoms with E-state index in [1.54, 1.807) is 0 Å². The number of carbonyl (C=O) groups excluding carboxylic acids is 1. The largest absolute Gasteiger partial charge is 0.368 e. The summed E-state index contributed by atoms with van der Waals surface area (Å²) in [6.45, 7) is 4.99. The van der Waals surface area contributed by atoms with Gasteiger partial charge in [0.05, 0.1) is 0 Å². The van der Waals surface area contributed by atoms with Crippen LogP contribution in [-0.2, 0) is 0 Å². The molecule has 3 nitrogen and oxygen atoms in total. The second kappa shape index (κ2) is 6.10. The monoisotopic (exact) mass is 280 g/mol. The minimum Gasteiger partial charge on any atom is -0.368 e. The fourth-order valence-corrected chi connectivity index (χ4v) is 2.84. The molecule has 0 amide bonds. The molecule has 0 radical (unpaired) electrons. The highest BCUT2D eigenvalue weighted by atomic mass is 16.1. The van der Waals surface area contributed by atoms with Crippen molar-refractivity contribution in [2.24, 2.45) is 0 Å². The molecule has 3 heteroatoms. The molecular weight excluding hydrogens is 260 g/mol. The maximum absolute atomic E-state index is 12.7. The molecule has 1 aliphatic rings. The predicted molar refractivity (Wildman–Crippen MR) is 86.0 cm³/mol. The number of piperazine rings is 1. The maximum atomic E-state index is 12.7. The van der Waals surface area contributed by atoms with Crippen molar-refractivity contribution < 1.29 is 4.79 Å². The molecule has 1 fully saturated rings. The van der Waals surface area contributed by atoms with Gasteiger partial charge in [-0.05, 0) is 19.1 Å². The lowest BCUT2D eigenvalue weighted by atomic mass is 10.0. The fourth-order valence-electron chi connectivity index (χ4n) is 2.84. The first-order valence-electron chi connectivity index (χ1n) is 7.43. The minimum absolute atomic E-state index is 0.0948. The van der Waals surface area contributed by atoms with Crippen LogP contribution in [0.15, 0.2) is 54.6 Å². The number of carbonyl (C=O) groups is 1. The van der Waals surface area contributed by atoms with Gasteiger partial charge in [0.25, 0.3) is 0 Å². The van der Waals surface area contributed by atoms with Crippen molar-refractivity contribution in [3.8, 4) is 0 Å².